The number of alkyl halides is 3. The second-order valence-corrected chi connectivity index (χ2v) is 4.82. The molecule has 0 fully saturated rings. The van der Waals surface area contributed by atoms with Crippen LogP contribution in [-0.4, -0.2) is 23.1 Å². The molecule has 0 radical (unpaired) electrons. The van der Waals surface area contributed by atoms with E-state index in [0.29, 0.717) is 0 Å². The SMILES string of the molecule is CC(NSC(F)(F)F)C(=O)OC(C)(C)C. The molecule has 0 aliphatic carbocycles. The maximum atomic E-state index is 11.8. The number of ether oxygens (including phenoxy) is 1. The second-order valence-electron chi connectivity index (χ2n) is 3.92. The third-order valence-electron chi connectivity index (χ3n) is 1.11. The van der Waals surface area contributed by atoms with E-state index < -0.39 is 35.1 Å². The lowest BCUT2D eigenvalue weighted by molar-refractivity contribution is -0.156. The molecule has 0 aromatic rings. The Morgan fingerprint density at radius 2 is 1.80 bits per heavy atom. The number of carbonyl (C=O) groups excluding carboxylic acids is 1. The van der Waals surface area contributed by atoms with Crippen molar-refractivity contribution in [2.75, 3.05) is 0 Å². The maximum absolute atomic E-state index is 11.8. The van der Waals surface area contributed by atoms with E-state index in [2.05, 4.69) is 0 Å². The first-order valence-corrected chi connectivity index (χ1v) is 5.06. The van der Waals surface area contributed by atoms with E-state index >= 15 is 0 Å². The van der Waals surface area contributed by atoms with Crippen LogP contribution in [0.25, 0.3) is 0 Å². The Hall–Kier alpha value is -0.430. The van der Waals surface area contributed by atoms with Gasteiger partial charge in [0.2, 0.25) is 0 Å². The molecule has 0 aromatic heterocycles. The van der Waals surface area contributed by atoms with E-state index in [4.69, 9.17) is 4.74 Å². The van der Waals surface area contributed by atoms with Crippen LogP contribution < -0.4 is 4.72 Å². The summed E-state index contributed by atoms with van der Waals surface area (Å²) in [5.74, 6) is -0.709. The molecular formula is C8H14F3NO2S. The van der Waals surface area contributed by atoms with Gasteiger partial charge in [0.1, 0.15) is 11.6 Å². The number of carbonyl (C=O) groups is 1. The van der Waals surface area contributed by atoms with E-state index in [-0.39, 0.29) is 0 Å². The summed E-state index contributed by atoms with van der Waals surface area (Å²) in [6.07, 6.45) is 0. The Balaban J connectivity index is 4.01. The van der Waals surface area contributed by atoms with Crippen LogP contribution in [-0.2, 0) is 9.53 Å². The van der Waals surface area contributed by atoms with Gasteiger partial charge in [-0.15, -0.1) is 0 Å². The molecule has 0 saturated carbocycles. The standard InChI is InChI=1S/C8H14F3NO2S/c1-5(12-15-8(9,10)11)6(13)14-7(2,3)4/h5,12H,1-4H3. The molecule has 1 unspecified atom stereocenters. The van der Waals surface area contributed by atoms with Crippen molar-refractivity contribution in [3.8, 4) is 0 Å². The fraction of sp³-hybridized carbons (Fsp3) is 0.875. The molecule has 1 atom stereocenters. The third-order valence-corrected chi connectivity index (χ3v) is 1.81. The minimum atomic E-state index is -4.41. The van der Waals surface area contributed by atoms with Gasteiger partial charge in [-0.25, -0.2) is 4.72 Å². The van der Waals surface area contributed by atoms with Gasteiger partial charge < -0.3 is 4.74 Å². The smallest absolute Gasteiger partial charge is 0.456 e. The largest absolute Gasteiger partial charge is 0.459 e. The van der Waals surface area contributed by atoms with E-state index in [1.807, 2.05) is 4.72 Å². The fourth-order valence-electron chi connectivity index (χ4n) is 0.593. The lowest BCUT2D eigenvalue weighted by Gasteiger charge is -2.22. The molecular weight excluding hydrogens is 231 g/mol. The van der Waals surface area contributed by atoms with Crippen LogP contribution >= 0.6 is 11.9 Å². The van der Waals surface area contributed by atoms with Crippen molar-refractivity contribution in [2.45, 2.75) is 44.8 Å². The molecule has 0 amide bonds. The van der Waals surface area contributed by atoms with Crippen LogP contribution in [0.1, 0.15) is 27.7 Å². The predicted octanol–water partition coefficient (Wildman–Crippen LogP) is 2.47. The molecule has 0 aliphatic rings. The van der Waals surface area contributed by atoms with Gasteiger partial charge in [0.15, 0.2) is 0 Å². The highest BCUT2D eigenvalue weighted by Gasteiger charge is 2.31. The van der Waals surface area contributed by atoms with Crippen molar-refractivity contribution in [3.05, 3.63) is 0 Å². The summed E-state index contributed by atoms with van der Waals surface area (Å²) in [4.78, 5) is 11.2. The van der Waals surface area contributed by atoms with Crippen molar-refractivity contribution in [1.82, 2.24) is 4.72 Å². The van der Waals surface area contributed by atoms with Gasteiger partial charge in [-0.1, -0.05) is 0 Å². The summed E-state index contributed by atoms with van der Waals surface area (Å²) in [6, 6.07) is -1.00. The van der Waals surface area contributed by atoms with Crippen LogP contribution in [0.4, 0.5) is 13.2 Å². The van der Waals surface area contributed by atoms with Crippen LogP contribution in [0.2, 0.25) is 0 Å². The lowest BCUT2D eigenvalue weighted by atomic mass is 10.2. The number of hydrogen-bond acceptors (Lipinski definition) is 4. The molecule has 3 nitrogen and oxygen atoms in total. The van der Waals surface area contributed by atoms with Gasteiger partial charge in [-0.2, -0.15) is 13.2 Å². The van der Waals surface area contributed by atoms with Crippen LogP contribution in [0.3, 0.4) is 0 Å². The molecule has 0 saturated heterocycles. The van der Waals surface area contributed by atoms with Crippen LogP contribution in [0.5, 0.6) is 0 Å². The third kappa shape index (κ3) is 8.56. The average molecular weight is 245 g/mol. The summed E-state index contributed by atoms with van der Waals surface area (Å²) in [5.41, 5.74) is -5.10. The zero-order chi connectivity index (χ0) is 12.3. The number of halogens is 3. The highest BCUT2D eigenvalue weighted by atomic mass is 32.2. The van der Waals surface area contributed by atoms with Crippen molar-refractivity contribution in [1.29, 1.82) is 0 Å². The minimum absolute atomic E-state index is 0.455. The van der Waals surface area contributed by atoms with Gasteiger partial charge >= 0.3 is 11.5 Å². The van der Waals surface area contributed by atoms with Crippen molar-refractivity contribution in [3.63, 3.8) is 0 Å². The van der Waals surface area contributed by atoms with Gasteiger partial charge in [-0.3, -0.25) is 4.79 Å². The monoisotopic (exact) mass is 245 g/mol. The van der Waals surface area contributed by atoms with Crippen molar-refractivity contribution < 1.29 is 22.7 Å². The normalized spacial score (nSPS) is 14.9. The average Bonchev–Trinajstić information content (AvgIpc) is 1.95. The quantitative estimate of drug-likeness (QED) is 0.612. The molecule has 0 spiro atoms. The Bertz CT molecular complexity index is 225. The van der Waals surface area contributed by atoms with E-state index in [1.54, 1.807) is 20.8 Å². The maximum Gasteiger partial charge on any atom is 0.456 e. The summed E-state index contributed by atoms with van der Waals surface area (Å²) in [7, 11) is 0. The number of esters is 1. The van der Waals surface area contributed by atoms with Gasteiger partial charge in [0.25, 0.3) is 0 Å². The summed E-state index contributed by atoms with van der Waals surface area (Å²) < 4.78 is 42.1. The fourth-order valence-corrected chi connectivity index (χ4v) is 1.00. The van der Waals surface area contributed by atoms with E-state index in [1.165, 1.54) is 6.92 Å². The lowest BCUT2D eigenvalue weighted by Crippen LogP contribution is -2.37. The molecule has 90 valence electrons. The molecule has 15 heavy (non-hydrogen) atoms. The van der Waals surface area contributed by atoms with Crippen LogP contribution in [0, 0.1) is 0 Å². The zero-order valence-electron chi connectivity index (χ0n) is 8.94. The van der Waals surface area contributed by atoms with Crippen LogP contribution in [0.15, 0.2) is 0 Å². The Labute approximate surface area is 90.9 Å². The van der Waals surface area contributed by atoms with Crippen molar-refractivity contribution in [2.24, 2.45) is 0 Å². The molecule has 0 heterocycles. The summed E-state index contributed by atoms with van der Waals surface area (Å²) in [5, 5.41) is 0. The van der Waals surface area contributed by atoms with E-state index in [0.717, 1.165) is 0 Å². The molecule has 0 aliphatic heterocycles. The first-order chi connectivity index (χ1) is 6.51. The second kappa shape index (κ2) is 5.07. The van der Waals surface area contributed by atoms with Gasteiger partial charge in [0, 0.05) is 11.9 Å². The number of nitrogens with one attached hydrogen (secondary N) is 1. The minimum Gasteiger partial charge on any atom is -0.459 e. The molecule has 0 rings (SSSR count). The Morgan fingerprint density at radius 3 is 2.13 bits per heavy atom. The molecule has 0 aromatic carbocycles. The number of hydrogen-bond donors (Lipinski definition) is 1. The predicted molar refractivity (Wildman–Crippen MR) is 52.1 cm³/mol. The molecule has 7 heteroatoms. The summed E-state index contributed by atoms with van der Waals surface area (Å²) in [6.45, 7) is 6.25. The summed E-state index contributed by atoms with van der Waals surface area (Å²) >= 11 is -0.455. The highest BCUT2D eigenvalue weighted by molar-refractivity contribution is 7.98. The highest BCUT2D eigenvalue weighted by Crippen LogP contribution is 2.27. The van der Waals surface area contributed by atoms with Gasteiger partial charge in [0.05, 0.1) is 0 Å². The van der Waals surface area contributed by atoms with Gasteiger partial charge in [-0.05, 0) is 27.7 Å². The Kier molecular flexibility index (Phi) is 4.92. The first kappa shape index (κ1) is 14.6. The topological polar surface area (TPSA) is 38.3 Å². The molecule has 1 N–H and O–H groups in total. The number of rotatable bonds is 3. The van der Waals surface area contributed by atoms with Crippen molar-refractivity contribution >= 4 is 17.9 Å². The Morgan fingerprint density at radius 1 is 1.33 bits per heavy atom. The first-order valence-electron chi connectivity index (χ1n) is 4.24. The van der Waals surface area contributed by atoms with E-state index in [9.17, 15) is 18.0 Å². The molecule has 0 bridgehead atoms. The zero-order valence-corrected chi connectivity index (χ0v) is 9.75.